The van der Waals surface area contributed by atoms with Gasteiger partial charge in [0.15, 0.2) is 0 Å². The van der Waals surface area contributed by atoms with Gasteiger partial charge in [-0.05, 0) is 65.3 Å². The number of ether oxygens (including phenoxy) is 1. The average molecular weight is 402 g/mol. The smallest absolute Gasteiger partial charge is 0.141 e. The zero-order valence-electron chi connectivity index (χ0n) is 11.3. The Kier molecular flexibility index (Phi) is 5.69. The van der Waals surface area contributed by atoms with Crippen LogP contribution in [0.25, 0.3) is 0 Å². The molecule has 2 N–H and O–H groups in total. The molecule has 0 saturated heterocycles. The molecule has 0 spiro atoms. The third-order valence-electron chi connectivity index (χ3n) is 2.89. The van der Waals surface area contributed by atoms with Crippen molar-refractivity contribution in [3.8, 4) is 5.75 Å². The summed E-state index contributed by atoms with van der Waals surface area (Å²) in [5, 5.41) is 0.633. The van der Waals surface area contributed by atoms with Crippen LogP contribution in [0.5, 0.6) is 5.75 Å². The van der Waals surface area contributed by atoms with Gasteiger partial charge in [0.25, 0.3) is 0 Å². The molecule has 0 heterocycles. The Morgan fingerprint density at radius 3 is 2.55 bits per heavy atom. The van der Waals surface area contributed by atoms with E-state index >= 15 is 0 Å². The van der Waals surface area contributed by atoms with E-state index in [1.807, 2.05) is 25.1 Å². The minimum absolute atomic E-state index is 0.0779. The first-order chi connectivity index (χ1) is 9.56. The Morgan fingerprint density at radius 2 is 1.90 bits per heavy atom. The number of hydrogen-bond donors (Lipinski definition) is 1. The van der Waals surface area contributed by atoms with Crippen molar-refractivity contribution in [2.45, 2.75) is 26.0 Å². The summed E-state index contributed by atoms with van der Waals surface area (Å²) >= 11 is 8.52. The van der Waals surface area contributed by atoms with Gasteiger partial charge in [0.05, 0.1) is 5.02 Å². The summed E-state index contributed by atoms with van der Waals surface area (Å²) in [5.41, 5.74) is 8.04. The Hall–Kier alpha value is -0.780. The fourth-order valence-electron chi connectivity index (χ4n) is 1.96. The molecule has 106 valence electrons. The molecule has 0 radical (unpaired) electrons. The molecular formula is C16H17ClINO. The van der Waals surface area contributed by atoms with E-state index in [9.17, 15) is 0 Å². The molecule has 0 aliphatic carbocycles. The molecular weight excluding hydrogens is 385 g/mol. The summed E-state index contributed by atoms with van der Waals surface area (Å²) in [6, 6.07) is 14.1. The van der Waals surface area contributed by atoms with Crippen LogP contribution in [0, 0.1) is 3.57 Å². The number of benzene rings is 2. The average Bonchev–Trinajstić information content (AvgIpc) is 2.39. The van der Waals surface area contributed by atoms with Crippen LogP contribution in [0.2, 0.25) is 5.02 Å². The molecule has 20 heavy (non-hydrogen) atoms. The molecule has 0 bridgehead atoms. The maximum absolute atomic E-state index is 6.24. The fourth-order valence-corrected chi connectivity index (χ4v) is 2.57. The largest absolute Gasteiger partial charge is 0.487 e. The first-order valence-electron chi connectivity index (χ1n) is 6.46. The Morgan fingerprint density at radius 1 is 1.20 bits per heavy atom. The van der Waals surface area contributed by atoms with Crippen LogP contribution in [-0.2, 0) is 13.0 Å². The summed E-state index contributed by atoms with van der Waals surface area (Å²) in [7, 11) is 0. The molecule has 2 nitrogen and oxygen atoms in total. The summed E-state index contributed by atoms with van der Waals surface area (Å²) in [4.78, 5) is 0. The van der Waals surface area contributed by atoms with Crippen molar-refractivity contribution in [2.75, 3.05) is 0 Å². The van der Waals surface area contributed by atoms with Gasteiger partial charge in [-0.15, -0.1) is 0 Å². The number of para-hydroxylation sites is 1. The van der Waals surface area contributed by atoms with Crippen LogP contribution in [0.15, 0.2) is 42.5 Å². The van der Waals surface area contributed by atoms with Crippen LogP contribution in [0.4, 0.5) is 0 Å². The van der Waals surface area contributed by atoms with Gasteiger partial charge in [0.2, 0.25) is 0 Å². The van der Waals surface area contributed by atoms with Gasteiger partial charge in [0, 0.05) is 9.61 Å². The molecule has 1 unspecified atom stereocenters. The lowest BCUT2D eigenvalue weighted by atomic mass is 10.1. The molecule has 2 aromatic carbocycles. The molecule has 0 fully saturated rings. The Labute approximate surface area is 138 Å². The minimum Gasteiger partial charge on any atom is -0.487 e. The van der Waals surface area contributed by atoms with Crippen molar-refractivity contribution in [2.24, 2.45) is 5.73 Å². The lowest BCUT2D eigenvalue weighted by Crippen LogP contribution is -2.18. The monoisotopic (exact) mass is 401 g/mol. The van der Waals surface area contributed by atoms with Crippen LogP contribution in [0.3, 0.4) is 0 Å². The predicted molar refractivity (Wildman–Crippen MR) is 92.3 cm³/mol. The summed E-state index contributed by atoms with van der Waals surface area (Å²) in [5.74, 6) is 0.741. The number of halogens is 2. The van der Waals surface area contributed by atoms with Gasteiger partial charge < -0.3 is 10.5 Å². The van der Waals surface area contributed by atoms with E-state index in [0.29, 0.717) is 11.6 Å². The van der Waals surface area contributed by atoms with E-state index in [2.05, 4.69) is 46.9 Å². The highest BCUT2D eigenvalue weighted by Gasteiger charge is 2.10. The second kappa shape index (κ2) is 7.29. The van der Waals surface area contributed by atoms with Crippen molar-refractivity contribution < 1.29 is 4.74 Å². The molecule has 2 aromatic rings. The van der Waals surface area contributed by atoms with E-state index in [1.54, 1.807) is 0 Å². The lowest BCUT2D eigenvalue weighted by molar-refractivity contribution is 0.302. The quantitative estimate of drug-likeness (QED) is 0.753. The molecule has 0 aliphatic rings. The van der Waals surface area contributed by atoms with Crippen molar-refractivity contribution in [1.82, 2.24) is 0 Å². The maximum atomic E-state index is 6.24. The van der Waals surface area contributed by atoms with Gasteiger partial charge in [-0.3, -0.25) is 0 Å². The van der Waals surface area contributed by atoms with E-state index in [4.69, 9.17) is 22.1 Å². The molecule has 0 aliphatic heterocycles. The molecule has 0 saturated carbocycles. The zero-order chi connectivity index (χ0) is 14.5. The van der Waals surface area contributed by atoms with Crippen molar-refractivity contribution >= 4 is 34.2 Å². The van der Waals surface area contributed by atoms with Gasteiger partial charge >= 0.3 is 0 Å². The molecule has 1 atom stereocenters. The van der Waals surface area contributed by atoms with Gasteiger partial charge in [0.1, 0.15) is 12.4 Å². The Balaban J connectivity index is 2.13. The highest BCUT2D eigenvalue weighted by molar-refractivity contribution is 14.1. The van der Waals surface area contributed by atoms with E-state index in [1.165, 1.54) is 3.57 Å². The van der Waals surface area contributed by atoms with Crippen molar-refractivity contribution in [3.05, 3.63) is 62.2 Å². The SMILES string of the molecule is CC(N)Cc1cccc(Cl)c1OCc1ccc(I)cc1. The molecule has 0 aromatic heterocycles. The van der Waals surface area contributed by atoms with Crippen molar-refractivity contribution in [1.29, 1.82) is 0 Å². The van der Waals surface area contributed by atoms with Crippen LogP contribution >= 0.6 is 34.2 Å². The van der Waals surface area contributed by atoms with E-state index in [0.717, 1.165) is 23.3 Å². The Bertz CT molecular complexity index is 569. The highest BCUT2D eigenvalue weighted by atomic mass is 127. The second-order valence-corrected chi connectivity index (χ2v) is 6.48. The van der Waals surface area contributed by atoms with Crippen molar-refractivity contribution in [3.63, 3.8) is 0 Å². The fraction of sp³-hybridized carbons (Fsp3) is 0.250. The first kappa shape index (κ1) is 15.6. The van der Waals surface area contributed by atoms with Gasteiger partial charge in [-0.2, -0.15) is 0 Å². The molecule has 2 rings (SSSR count). The van der Waals surface area contributed by atoms with Crippen LogP contribution in [-0.4, -0.2) is 6.04 Å². The lowest BCUT2D eigenvalue weighted by Gasteiger charge is -2.14. The van der Waals surface area contributed by atoms with Gasteiger partial charge in [-0.1, -0.05) is 35.9 Å². The first-order valence-corrected chi connectivity index (χ1v) is 7.92. The normalized spacial score (nSPS) is 12.2. The van der Waals surface area contributed by atoms with Crippen LogP contribution < -0.4 is 10.5 Å². The predicted octanol–water partition coefficient (Wildman–Crippen LogP) is 4.41. The van der Waals surface area contributed by atoms with E-state index in [-0.39, 0.29) is 6.04 Å². The number of hydrogen-bond acceptors (Lipinski definition) is 2. The minimum atomic E-state index is 0.0779. The maximum Gasteiger partial charge on any atom is 0.141 e. The number of rotatable bonds is 5. The summed E-state index contributed by atoms with van der Waals surface area (Å²) < 4.78 is 7.11. The van der Waals surface area contributed by atoms with E-state index < -0.39 is 0 Å². The third kappa shape index (κ3) is 4.36. The molecule has 4 heteroatoms. The van der Waals surface area contributed by atoms with Gasteiger partial charge in [-0.25, -0.2) is 0 Å². The summed E-state index contributed by atoms with van der Waals surface area (Å²) in [6.07, 6.45) is 0.753. The second-order valence-electron chi connectivity index (χ2n) is 4.82. The number of nitrogens with two attached hydrogens (primary N) is 1. The highest BCUT2D eigenvalue weighted by Crippen LogP contribution is 2.30. The molecule has 0 amide bonds. The third-order valence-corrected chi connectivity index (χ3v) is 3.90. The van der Waals surface area contributed by atoms with Crippen LogP contribution in [0.1, 0.15) is 18.1 Å². The summed E-state index contributed by atoms with van der Waals surface area (Å²) in [6.45, 7) is 2.48. The topological polar surface area (TPSA) is 35.2 Å². The zero-order valence-corrected chi connectivity index (χ0v) is 14.2. The standard InChI is InChI=1S/C16H17ClINO/c1-11(19)9-13-3-2-4-15(17)16(13)20-10-12-5-7-14(18)8-6-12/h2-8,11H,9-10,19H2,1H3.